The quantitative estimate of drug-likeness (QED) is 0.530. The van der Waals surface area contributed by atoms with E-state index < -0.39 is 15.8 Å². The molecule has 0 atom stereocenters. The summed E-state index contributed by atoms with van der Waals surface area (Å²) in [5, 5.41) is 15.3. The van der Waals surface area contributed by atoms with Crippen molar-refractivity contribution in [3.8, 4) is 6.07 Å². The molecular weight excluding hydrogens is 381 g/mol. The third kappa shape index (κ3) is 6.17. The second-order valence-electron chi connectivity index (χ2n) is 6.75. The van der Waals surface area contributed by atoms with Crippen LogP contribution in [0.1, 0.15) is 44.2 Å². The first kappa shape index (κ1) is 22.1. The molecule has 0 amide bonds. The maximum Gasteiger partial charge on any atom is 0.214 e. The highest BCUT2D eigenvalue weighted by Crippen LogP contribution is 2.15. The summed E-state index contributed by atoms with van der Waals surface area (Å²) in [5.74, 6) is 0.306. The number of nitrogens with zero attached hydrogens (tertiary/aromatic N) is 3. The average Bonchev–Trinajstić information content (AvgIpc) is 2.67. The lowest BCUT2D eigenvalue weighted by Crippen LogP contribution is -2.50. The fourth-order valence-electron chi connectivity index (χ4n) is 3.09. The molecule has 1 aromatic rings. The number of sulfonamides is 1. The van der Waals surface area contributed by atoms with Gasteiger partial charge in [-0.1, -0.05) is 13.0 Å². The molecule has 2 N–H and O–H groups in total. The minimum Gasteiger partial charge on any atom is -0.357 e. The van der Waals surface area contributed by atoms with Gasteiger partial charge in [-0.15, -0.1) is 0 Å². The zero-order valence-electron chi connectivity index (χ0n) is 16.4. The molecule has 0 aliphatic carbocycles. The molecule has 0 aromatic heterocycles. The lowest BCUT2D eigenvalue weighted by molar-refractivity contribution is 0.306. The van der Waals surface area contributed by atoms with Crippen LogP contribution in [0.3, 0.4) is 0 Å². The number of nitrogens with one attached hydrogen (secondary N) is 2. The fourth-order valence-corrected chi connectivity index (χ4v) is 4.63. The molecule has 0 spiro atoms. The van der Waals surface area contributed by atoms with E-state index in [0.717, 1.165) is 0 Å². The zero-order valence-corrected chi connectivity index (χ0v) is 17.2. The molecule has 1 aliphatic heterocycles. The number of hydrogen-bond acceptors (Lipinski definition) is 4. The molecule has 9 heteroatoms. The van der Waals surface area contributed by atoms with Crippen LogP contribution in [0.15, 0.2) is 23.2 Å². The van der Waals surface area contributed by atoms with Gasteiger partial charge in [-0.25, -0.2) is 22.1 Å². The SMILES string of the molecule is CCCS(=O)(=O)N1CCC(NC(=NCc2ccc(C#N)cc2F)NCC)CC1. The van der Waals surface area contributed by atoms with E-state index >= 15 is 0 Å². The van der Waals surface area contributed by atoms with Crippen LogP contribution in [-0.4, -0.2) is 50.1 Å². The summed E-state index contributed by atoms with van der Waals surface area (Å²) in [6.07, 6.45) is 2.00. The van der Waals surface area contributed by atoms with Crippen molar-refractivity contribution in [3.05, 3.63) is 35.1 Å². The smallest absolute Gasteiger partial charge is 0.214 e. The van der Waals surface area contributed by atoms with Gasteiger partial charge in [0.15, 0.2) is 5.96 Å². The molecule has 7 nitrogen and oxygen atoms in total. The summed E-state index contributed by atoms with van der Waals surface area (Å²) in [6, 6.07) is 6.36. The van der Waals surface area contributed by atoms with E-state index in [1.165, 1.54) is 6.07 Å². The molecule has 154 valence electrons. The number of piperidine rings is 1. The Kier molecular flexibility index (Phi) is 8.20. The minimum absolute atomic E-state index is 0.108. The maximum atomic E-state index is 14.0. The molecule has 0 unspecified atom stereocenters. The third-order valence-corrected chi connectivity index (χ3v) is 6.66. The van der Waals surface area contributed by atoms with Gasteiger partial charge >= 0.3 is 0 Å². The van der Waals surface area contributed by atoms with Crippen LogP contribution >= 0.6 is 0 Å². The molecule has 1 saturated heterocycles. The second kappa shape index (κ2) is 10.4. The van der Waals surface area contributed by atoms with E-state index in [1.807, 2.05) is 19.9 Å². The molecular formula is C19H28FN5O2S. The van der Waals surface area contributed by atoms with Crippen LogP contribution in [0.25, 0.3) is 0 Å². The highest BCUT2D eigenvalue weighted by atomic mass is 32.2. The van der Waals surface area contributed by atoms with Crippen molar-refractivity contribution in [2.75, 3.05) is 25.4 Å². The summed E-state index contributed by atoms with van der Waals surface area (Å²) >= 11 is 0. The van der Waals surface area contributed by atoms with Gasteiger partial charge in [0.1, 0.15) is 5.82 Å². The Bertz CT molecular complexity index is 827. The largest absolute Gasteiger partial charge is 0.357 e. The van der Waals surface area contributed by atoms with Gasteiger partial charge in [-0.05, 0) is 38.3 Å². The van der Waals surface area contributed by atoms with Crippen LogP contribution in [0.2, 0.25) is 0 Å². The van der Waals surface area contributed by atoms with Crippen LogP contribution in [0.5, 0.6) is 0 Å². The third-order valence-electron chi connectivity index (χ3n) is 4.58. The lowest BCUT2D eigenvalue weighted by atomic mass is 10.1. The van der Waals surface area contributed by atoms with Crippen LogP contribution < -0.4 is 10.6 Å². The van der Waals surface area contributed by atoms with E-state index in [1.54, 1.807) is 16.4 Å². The van der Waals surface area contributed by atoms with Crippen LogP contribution in [0, 0.1) is 17.1 Å². The number of halogens is 1. The summed E-state index contributed by atoms with van der Waals surface area (Å²) in [6.45, 7) is 5.59. The first-order valence-electron chi connectivity index (χ1n) is 9.60. The van der Waals surface area contributed by atoms with Crippen molar-refractivity contribution in [3.63, 3.8) is 0 Å². The number of hydrogen-bond donors (Lipinski definition) is 2. The Morgan fingerprint density at radius 1 is 1.36 bits per heavy atom. The summed E-state index contributed by atoms with van der Waals surface area (Å²) in [4.78, 5) is 4.43. The Morgan fingerprint density at radius 3 is 2.64 bits per heavy atom. The van der Waals surface area contributed by atoms with E-state index in [9.17, 15) is 12.8 Å². The van der Waals surface area contributed by atoms with Gasteiger partial charge in [0, 0.05) is 31.2 Å². The van der Waals surface area contributed by atoms with Gasteiger partial charge in [-0.2, -0.15) is 5.26 Å². The number of benzene rings is 1. The normalized spacial score (nSPS) is 16.6. The van der Waals surface area contributed by atoms with Crippen molar-refractivity contribution < 1.29 is 12.8 Å². The number of rotatable bonds is 7. The van der Waals surface area contributed by atoms with Crippen molar-refractivity contribution in [2.24, 2.45) is 4.99 Å². The predicted molar refractivity (Wildman–Crippen MR) is 108 cm³/mol. The Morgan fingerprint density at radius 2 is 2.07 bits per heavy atom. The van der Waals surface area contributed by atoms with Gasteiger partial charge in [0.2, 0.25) is 10.0 Å². The van der Waals surface area contributed by atoms with Gasteiger partial charge in [-0.3, -0.25) is 0 Å². The lowest BCUT2D eigenvalue weighted by Gasteiger charge is -2.32. The average molecular weight is 410 g/mol. The van der Waals surface area contributed by atoms with Crippen molar-refractivity contribution in [1.29, 1.82) is 5.26 Å². The first-order chi connectivity index (χ1) is 13.4. The molecule has 1 aliphatic rings. The minimum atomic E-state index is -3.16. The van der Waals surface area contributed by atoms with E-state index in [-0.39, 0.29) is 23.9 Å². The number of aliphatic imine (C=N–C) groups is 1. The van der Waals surface area contributed by atoms with E-state index in [0.29, 0.717) is 50.4 Å². The van der Waals surface area contributed by atoms with E-state index in [4.69, 9.17) is 5.26 Å². The predicted octanol–water partition coefficient (Wildman–Crippen LogP) is 1.96. The van der Waals surface area contributed by atoms with Crippen molar-refractivity contribution >= 4 is 16.0 Å². The summed E-state index contributed by atoms with van der Waals surface area (Å²) in [5.41, 5.74) is 0.691. The van der Waals surface area contributed by atoms with Crippen molar-refractivity contribution in [1.82, 2.24) is 14.9 Å². The zero-order chi connectivity index (χ0) is 20.6. The number of guanidine groups is 1. The molecule has 28 heavy (non-hydrogen) atoms. The van der Waals surface area contributed by atoms with Gasteiger partial charge in [0.05, 0.1) is 23.9 Å². The fraction of sp³-hybridized carbons (Fsp3) is 0.579. The number of nitriles is 1. The monoisotopic (exact) mass is 409 g/mol. The molecule has 0 saturated carbocycles. The Hall–Kier alpha value is -2.18. The van der Waals surface area contributed by atoms with Crippen molar-refractivity contribution in [2.45, 2.75) is 45.7 Å². The Labute approximate surface area is 166 Å². The summed E-state index contributed by atoms with van der Waals surface area (Å²) in [7, 11) is -3.16. The molecule has 0 bridgehead atoms. The molecule has 1 aromatic carbocycles. The standard InChI is InChI=1S/C19H28FN5O2S/c1-3-11-28(26,27)25-9-7-17(8-10-25)24-19(22-4-2)23-14-16-6-5-15(13-21)12-18(16)20/h5-6,12,17H,3-4,7-11,14H2,1-2H3,(H2,22,23,24). The van der Waals surface area contributed by atoms with E-state index in [2.05, 4.69) is 15.6 Å². The first-order valence-corrected chi connectivity index (χ1v) is 11.2. The van der Waals surface area contributed by atoms with Gasteiger partial charge in [0.25, 0.3) is 0 Å². The topological polar surface area (TPSA) is 97.6 Å². The van der Waals surface area contributed by atoms with Gasteiger partial charge < -0.3 is 10.6 Å². The maximum absolute atomic E-state index is 14.0. The second-order valence-corrected chi connectivity index (χ2v) is 8.84. The molecule has 2 rings (SSSR count). The van der Waals surface area contributed by atoms with Crippen LogP contribution in [0.4, 0.5) is 4.39 Å². The summed E-state index contributed by atoms with van der Waals surface area (Å²) < 4.78 is 39.9. The highest BCUT2D eigenvalue weighted by Gasteiger charge is 2.27. The van der Waals surface area contributed by atoms with Crippen LogP contribution in [-0.2, 0) is 16.6 Å². The molecule has 1 heterocycles. The molecule has 1 fully saturated rings. The Balaban J connectivity index is 1.96. The molecule has 0 radical (unpaired) electrons. The highest BCUT2D eigenvalue weighted by molar-refractivity contribution is 7.89.